The molecule has 19 heavy (non-hydrogen) atoms. The van der Waals surface area contributed by atoms with Gasteiger partial charge in [0.05, 0.1) is 0 Å². The monoisotopic (exact) mass is 270 g/mol. The van der Waals surface area contributed by atoms with Gasteiger partial charge in [0.25, 0.3) is 5.91 Å². The van der Waals surface area contributed by atoms with Crippen molar-refractivity contribution >= 4 is 5.91 Å². The number of likely N-dealkylation sites (tertiary alicyclic amines) is 1. The van der Waals surface area contributed by atoms with Crippen LogP contribution in [0.3, 0.4) is 0 Å². The van der Waals surface area contributed by atoms with Gasteiger partial charge in [0.15, 0.2) is 17.7 Å². The molecule has 0 aromatic heterocycles. The molecule has 2 N–H and O–H groups in total. The fourth-order valence-electron chi connectivity index (χ4n) is 2.45. The first kappa shape index (κ1) is 13.9. The van der Waals surface area contributed by atoms with Crippen molar-refractivity contribution in [3.8, 4) is 0 Å². The zero-order valence-electron chi connectivity index (χ0n) is 10.6. The van der Waals surface area contributed by atoms with E-state index < -0.39 is 17.7 Å². The molecule has 2 rings (SSSR count). The lowest BCUT2D eigenvalue weighted by Crippen LogP contribution is -2.38. The van der Waals surface area contributed by atoms with Crippen LogP contribution in [0.25, 0.3) is 0 Å². The zero-order valence-corrected chi connectivity index (χ0v) is 10.6. The first-order chi connectivity index (χ1) is 9.04. The molecule has 0 bridgehead atoms. The molecular weight excluding hydrogens is 254 g/mol. The van der Waals surface area contributed by atoms with E-state index in [9.17, 15) is 13.6 Å². The van der Waals surface area contributed by atoms with Crippen molar-refractivity contribution in [3.63, 3.8) is 0 Å². The molecule has 1 amide bonds. The van der Waals surface area contributed by atoms with Gasteiger partial charge in [-0.2, -0.15) is 0 Å². The molecular formula is C13H16F2N2O2. The summed E-state index contributed by atoms with van der Waals surface area (Å²) in [7, 11) is 1.60. The van der Waals surface area contributed by atoms with Crippen molar-refractivity contribution < 1.29 is 18.4 Å². The van der Waals surface area contributed by atoms with Gasteiger partial charge in [-0.15, -0.1) is 0 Å². The number of nitrogens with zero attached hydrogens (tertiary/aromatic N) is 1. The molecule has 0 aliphatic carbocycles. The van der Waals surface area contributed by atoms with Gasteiger partial charge in [0.2, 0.25) is 0 Å². The molecule has 1 heterocycles. The molecule has 2 atom stereocenters. The second-order valence-electron chi connectivity index (χ2n) is 4.76. The molecule has 1 aliphatic rings. The van der Waals surface area contributed by atoms with Crippen LogP contribution in [-0.4, -0.2) is 30.5 Å². The van der Waals surface area contributed by atoms with Gasteiger partial charge >= 0.3 is 0 Å². The maximum absolute atomic E-state index is 13.8. The predicted octanol–water partition coefficient (Wildman–Crippen LogP) is 1.56. The Balaban J connectivity index is 2.26. The van der Waals surface area contributed by atoms with E-state index in [0.717, 1.165) is 6.07 Å². The van der Waals surface area contributed by atoms with E-state index in [1.54, 1.807) is 13.1 Å². The van der Waals surface area contributed by atoms with Crippen LogP contribution in [0, 0.1) is 11.6 Å². The number of carbonyl (C=O) groups is 1. The molecule has 1 aromatic rings. The van der Waals surface area contributed by atoms with E-state index in [-0.39, 0.29) is 17.4 Å². The minimum atomic E-state index is -0.873. The molecule has 0 saturated carbocycles. The van der Waals surface area contributed by atoms with Crippen molar-refractivity contribution in [1.82, 2.24) is 4.90 Å². The van der Waals surface area contributed by atoms with Gasteiger partial charge < -0.3 is 4.90 Å². The maximum atomic E-state index is 13.8. The molecule has 0 radical (unpaired) electrons. The second kappa shape index (κ2) is 5.63. The average molecular weight is 270 g/mol. The molecule has 0 unspecified atom stereocenters. The van der Waals surface area contributed by atoms with Crippen LogP contribution in [0.2, 0.25) is 0 Å². The second-order valence-corrected chi connectivity index (χ2v) is 4.76. The largest absolute Gasteiger partial charge is 0.343 e. The normalized spacial score (nSPS) is 24.4. The van der Waals surface area contributed by atoms with E-state index in [4.69, 9.17) is 5.90 Å². The number of likely N-dealkylation sites (N-methyl/N-ethyl adjacent to an activating group) is 1. The summed E-state index contributed by atoms with van der Waals surface area (Å²) in [6.45, 7) is 0.319. The van der Waals surface area contributed by atoms with Crippen molar-refractivity contribution in [2.45, 2.75) is 24.9 Å². The number of halogens is 2. The van der Waals surface area contributed by atoms with E-state index in [0.29, 0.717) is 19.4 Å². The summed E-state index contributed by atoms with van der Waals surface area (Å²) in [6.07, 6.45) is 0.185. The SMILES string of the molecule is CN1C[C@H](c2cccc(F)c2F)CC[C@@H](ON)C1=O. The molecule has 1 saturated heterocycles. The van der Waals surface area contributed by atoms with Crippen LogP contribution in [0.15, 0.2) is 18.2 Å². The van der Waals surface area contributed by atoms with Crippen molar-refractivity contribution in [2.75, 3.05) is 13.6 Å². The average Bonchev–Trinajstić information content (AvgIpc) is 2.53. The summed E-state index contributed by atoms with van der Waals surface area (Å²) in [6, 6.07) is 4.10. The summed E-state index contributed by atoms with van der Waals surface area (Å²) >= 11 is 0. The van der Waals surface area contributed by atoms with Crippen molar-refractivity contribution in [1.29, 1.82) is 0 Å². The van der Waals surface area contributed by atoms with Crippen LogP contribution < -0.4 is 5.90 Å². The fourth-order valence-corrected chi connectivity index (χ4v) is 2.45. The third kappa shape index (κ3) is 2.74. The van der Waals surface area contributed by atoms with Gasteiger partial charge in [-0.3, -0.25) is 9.63 Å². The molecule has 1 aromatic carbocycles. The number of hydrogen-bond acceptors (Lipinski definition) is 3. The van der Waals surface area contributed by atoms with Crippen LogP contribution in [0.1, 0.15) is 24.3 Å². The van der Waals surface area contributed by atoms with E-state index in [1.165, 1.54) is 11.0 Å². The quantitative estimate of drug-likeness (QED) is 0.830. The number of rotatable bonds is 2. The number of carbonyl (C=O) groups excluding carboxylic acids is 1. The maximum Gasteiger partial charge on any atom is 0.253 e. The van der Waals surface area contributed by atoms with Gasteiger partial charge in [0, 0.05) is 19.5 Å². The minimum Gasteiger partial charge on any atom is -0.343 e. The highest BCUT2D eigenvalue weighted by atomic mass is 19.2. The molecule has 0 spiro atoms. The Morgan fingerprint density at radius 1 is 1.37 bits per heavy atom. The third-order valence-corrected chi connectivity index (χ3v) is 3.51. The number of nitrogens with two attached hydrogens (primary N) is 1. The highest BCUT2D eigenvalue weighted by Gasteiger charge is 2.31. The molecule has 4 nitrogen and oxygen atoms in total. The lowest BCUT2D eigenvalue weighted by molar-refractivity contribution is -0.142. The van der Waals surface area contributed by atoms with Crippen LogP contribution in [0.4, 0.5) is 8.78 Å². The first-order valence-corrected chi connectivity index (χ1v) is 6.09. The number of benzene rings is 1. The van der Waals surface area contributed by atoms with Crippen molar-refractivity contribution in [2.24, 2.45) is 5.90 Å². The van der Waals surface area contributed by atoms with Crippen LogP contribution in [0.5, 0.6) is 0 Å². The standard InChI is InChI=1S/C13H16F2N2O2/c1-17-7-8(5-6-11(19-16)13(17)18)9-3-2-4-10(14)12(9)15/h2-4,8,11H,5-7,16H2,1H3/t8-,11-/m1/s1. The van der Waals surface area contributed by atoms with Crippen LogP contribution >= 0.6 is 0 Å². The number of hydrogen-bond donors (Lipinski definition) is 1. The summed E-state index contributed by atoms with van der Waals surface area (Å²) in [5.74, 6) is 2.87. The zero-order chi connectivity index (χ0) is 14.0. The molecule has 1 aliphatic heterocycles. The van der Waals surface area contributed by atoms with Gasteiger partial charge in [0.1, 0.15) is 0 Å². The topological polar surface area (TPSA) is 55.6 Å². The highest BCUT2D eigenvalue weighted by Crippen LogP contribution is 2.29. The number of amides is 1. The Hall–Kier alpha value is -1.53. The van der Waals surface area contributed by atoms with Gasteiger partial charge in [-0.25, -0.2) is 14.7 Å². The summed E-state index contributed by atoms with van der Waals surface area (Å²) < 4.78 is 27.0. The lowest BCUT2D eigenvalue weighted by Gasteiger charge is -2.21. The Kier molecular flexibility index (Phi) is 4.11. The summed E-state index contributed by atoms with van der Waals surface area (Å²) in [4.78, 5) is 17.9. The molecule has 1 fully saturated rings. The first-order valence-electron chi connectivity index (χ1n) is 6.09. The Labute approximate surface area is 110 Å². The smallest absolute Gasteiger partial charge is 0.253 e. The lowest BCUT2D eigenvalue weighted by atomic mass is 9.93. The Bertz CT molecular complexity index is 482. The van der Waals surface area contributed by atoms with Gasteiger partial charge in [-0.05, 0) is 24.5 Å². The fraction of sp³-hybridized carbons (Fsp3) is 0.462. The van der Waals surface area contributed by atoms with E-state index >= 15 is 0 Å². The minimum absolute atomic E-state index is 0.234. The van der Waals surface area contributed by atoms with E-state index in [1.807, 2.05) is 0 Å². The summed E-state index contributed by atoms with van der Waals surface area (Å²) in [5.41, 5.74) is 0.289. The van der Waals surface area contributed by atoms with Gasteiger partial charge in [-0.1, -0.05) is 12.1 Å². The summed E-state index contributed by atoms with van der Waals surface area (Å²) in [5, 5.41) is 0. The Morgan fingerprint density at radius 2 is 2.11 bits per heavy atom. The Morgan fingerprint density at radius 3 is 2.79 bits per heavy atom. The van der Waals surface area contributed by atoms with Crippen LogP contribution in [-0.2, 0) is 9.63 Å². The van der Waals surface area contributed by atoms with E-state index in [2.05, 4.69) is 4.84 Å². The highest BCUT2D eigenvalue weighted by molar-refractivity contribution is 5.81. The molecule has 6 heteroatoms. The predicted molar refractivity (Wildman–Crippen MR) is 65.0 cm³/mol. The van der Waals surface area contributed by atoms with Crippen molar-refractivity contribution in [3.05, 3.63) is 35.4 Å². The molecule has 104 valence electrons. The third-order valence-electron chi connectivity index (χ3n) is 3.51.